The zero-order valence-corrected chi connectivity index (χ0v) is 30.3. The van der Waals surface area contributed by atoms with Crippen LogP contribution in [0.2, 0.25) is 0 Å². The summed E-state index contributed by atoms with van der Waals surface area (Å²) in [6, 6.07) is 33.8. The molecule has 0 bridgehead atoms. The molecule has 2 atom stereocenters. The summed E-state index contributed by atoms with van der Waals surface area (Å²) in [5.41, 5.74) is 7.49. The molecule has 236 valence electrons. The standard InChI is InChI=1S/C42H51BrNP/c1-5-6-7-8-9-13-21-33-29-30-37(41-39(33)40-38(44-41)28-20-31-42(40,3)4)32(2)45(43,34-22-14-10-15-23-34,35-24-16-11-17-25-35)36-26-18-12-19-27-36/h10-12,14-19,22-27,29-30,32-33H,5-9,13,20-21,28,31H2,1-4H3. The van der Waals surface area contributed by atoms with Crippen molar-refractivity contribution in [2.75, 3.05) is 0 Å². The molecule has 0 amide bonds. The topological polar surface area (TPSA) is 12.4 Å². The number of fused-ring (bicyclic) bond motifs is 2. The van der Waals surface area contributed by atoms with E-state index in [9.17, 15) is 0 Å². The molecule has 3 aromatic carbocycles. The first-order valence-electron chi connectivity index (χ1n) is 17.5. The molecule has 3 aliphatic rings. The van der Waals surface area contributed by atoms with E-state index in [4.69, 9.17) is 20.5 Å². The molecule has 1 aliphatic heterocycles. The van der Waals surface area contributed by atoms with Gasteiger partial charge in [0.2, 0.25) is 0 Å². The van der Waals surface area contributed by atoms with Crippen LogP contribution in [-0.4, -0.2) is 11.4 Å². The van der Waals surface area contributed by atoms with Gasteiger partial charge in [0.25, 0.3) is 0 Å². The molecule has 2 unspecified atom stereocenters. The van der Waals surface area contributed by atoms with Crippen molar-refractivity contribution in [3.05, 3.63) is 126 Å². The molecule has 0 aromatic heterocycles. The van der Waals surface area contributed by atoms with Gasteiger partial charge >= 0.3 is 275 Å². The summed E-state index contributed by atoms with van der Waals surface area (Å²) >= 11 is 4.80. The van der Waals surface area contributed by atoms with Crippen LogP contribution in [0.5, 0.6) is 0 Å². The predicted molar refractivity (Wildman–Crippen MR) is 203 cm³/mol. The SMILES string of the molecule is CCCCCCCCC1C=CC(C(C)P(Br)(c2ccccc2)(c2ccccc2)c2ccccc2)=C2N=C3CCCC(C)(C)C3=C21. The van der Waals surface area contributed by atoms with E-state index in [1.807, 2.05) is 0 Å². The summed E-state index contributed by atoms with van der Waals surface area (Å²) < 4.78 is 0. The van der Waals surface area contributed by atoms with Gasteiger partial charge in [0.1, 0.15) is 0 Å². The van der Waals surface area contributed by atoms with Crippen molar-refractivity contribution < 1.29 is 0 Å². The summed E-state index contributed by atoms with van der Waals surface area (Å²) in [6.45, 7) is 9.73. The molecule has 0 saturated heterocycles. The van der Waals surface area contributed by atoms with Gasteiger partial charge in [-0.3, -0.25) is 0 Å². The third-order valence-electron chi connectivity index (χ3n) is 10.9. The van der Waals surface area contributed by atoms with Gasteiger partial charge in [-0.15, -0.1) is 0 Å². The van der Waals surface area contributed by atoms with Crippen molar-refractivity contribution in [2.45, 2.75) is 97.6 Å². The quantitative estimate of drug-likeness (QED) is 0.133. The number of benzene rings is 3. The summed E-state index contributed by atoms with van der Waals surface area (Å²) in [5, 5.41) is 0.841. The van der Waals surface area contributed by atoms with Gasteiger partial charge < -0.3 is 0 Å². The number of aliphatic imine (C=N–C) groups is 1. The Balaban J connectivity index is 1.54. The van der Waals surface area contributed by atoms with E-state index in [2.05, 4.69) is 131 Å². The molecule has 0 spiro atoms. The Hall–Kier alpha value is -2.54. The minimum absolute atomic E-state index is 0.158. The normalized spacial score (nSPS) is 20.7. The van der Waals surface area contributed by atoms with Crippen LogP contribution >= 0.6 is 20.8 Å². The van der Waals surface area contributed by atoms with Crippen molar-refractivity contribution in [3.8, 4) is 0 Å². The number of nitrogens with zero attached hydrogens (tertiary/aromatic N) is 1. The molecule has 2 aliphatic carbocycles. The Kier molecular flexibility index (Phi) is 9.57. The summed E-state index contributed by atoms with van der Waals surface area (Å²) in [4.78, 5) is 5.65. The van der Waals surface area contributed by atoms with Crippen LogP contribution in [0.3, 0.4) is 0 Å². The van der Waals surface area contributed by atoms with Crippen molar-refractivity contribution in [3.63, 3.8) is 0 Å². The molecule has 1 saturated carbocycles. The van der Waals surface area contributed by atoms with E-state index in [1.165, 1.54) is 90.7 Å². The van der Waals surface area contributed by atoms with Gasteiger partial charge in [-0.2, -0.15) is 0 Å². The predicted octanol–water partition coefficient (Wildman–Crippen LogP) is 11.4. The van der Waals surface area contributed by atoms with Crippen molar-refractivity contribution in [2.24, 2.45) is 16.3 Å². The van der Waals surface area contributed by atoms with E-state index in [-0.39, 0.29) is 11.1 Å². The van der Waals surface area contributed by atoms with Gasteiger partial charge in [-0.1, -0.05) is 6.92 Å². The van der Waals surface area contributed by atoms with Crippen molar-refractivity contribution in [1.29, 1.82) is 0 Å². The number of hydrogen-bond acceptors (Lipinski definition) is 1. The van der Waals surface area contributed by atoms with Gasteiger partial charge in [0, 0.05) is 0 Å². The van der Waals surface area contributed by atoms with Gasteiger partial charge in [-0.05, 0) is 0 Å². The van der Waals surface area contributed by atoms with Gasteiger partial charge in [-0.25, -0.2) is 0 Å². The summed E-state index contributed by atoms with van der Waals surface area (Å²) in [5.74, 6) is 0.447. The van der Waals surface area contributed by atoms with Crippen LogP contribution in [0.4, 0.5) is 0 Å². The van der Waals surface area contributed by atoms with Crippen LogP contribution in [-0.2, 0) is 0 Å². The molecule has 45 heavy (non-hydrogen) atoms. The maximum absolute atomic E-state index is 5.65. The molecule has 1 fully saturated rings. The molecule has 0 N–H and O–H groups in total. The second kappa shape index (κ2) is 13.3. The fraction of sp³-hybridized carbons (Fsp3) is 0.405. The number of unbranched alkanes of at least 4 members (excludes halogenated alkanes) is 5. The summed E-state index contributed by atoms with van der Waals surface area (Å²) in [7, 11) is 0. The number of rotatable bonds is 12. The van der Waals surface area contributed by atoms with Gasteiger partial charge in [0.15, 0.2) is 0 Å². The van der Waals surface area contributed by atoms with Crippen LogP contribution in [0.15, 0.2) is 131 Å². The average molecular weight is 681 g/mol. The average Bonchev–Trinajstić information content (AvgIpc) is 3.48. The van der Waals surface area contributed by atoms with Crippen molar-refractivity contribution >= 4 is 42.4 Å². The van der Waals surface area contributed by atoms with Crippen molar-refractivity contribution in [1.82, 2.24) is 0 Å². The van der Waals surface area contributed by atoms with E-state index >= 15 is 0 Å². The zero-order valence-electron chi connectivity index (χ0n) is 27.8. The van der Waals surface area contributed by atoms with Crippen LogP contribution < -0.4 is 15.9 Å². The zero-order chi connectivity index (χ0) is 31.5. The molecule has 1 nitrogen and oxygen atoms in total. The Bertz CT molecular complexity index is 1510. The monoisotopic (exact) mass is 679 g/mol. The molecule has 1 heterocycles. The summed E-state index contributed by atoms with van der Waals surface area (Å²) in [6.07, 6.45) is 17.9. The third kappa shape index (κ3) is 5.59. The molecule has 3 heteroatoms. The maximum atomic E-state index is 5.65. The molecular formula is C42H51BrNP. The number of hydrogen-bond donors (Lipinski definition) is 0. The molecule has 3 aromatic rings. The molecule has 6 rings (SSSR count). The van der Waals surface area contributed by atoms with E-state index < -0.39 is 5.31 Å². The van der Waals surface area contributed by atoms with E-state index in [1.54, 1.807) is 11.1 Å². The Morgan fingerprint density at radius 2 is 1.33 bits per heavy atom. The minimum atomic E-state index is -3.25. The Morgan fingerprint density at radius 1 is 0.800 bits per heavy atom. The third-order valence-corrected chi connectivity index (χ3v) is 22.1. The Morgan fingerprint density at radius 3 is 1.89 bits per heavy atom. The molecule has 0 radical (unpaired) electrons. The van der Waals surface area contributed by atoms with Crippen LogP contribution in [0.1, 0.15) is 91.9 Å². The Labute approximate surface area is 280 Å². The first-order valence-corrected chi connectivity index (χ1v) is 21.8. The molecular weight excluding hydrogens is 629 g/mol. The number of allylic oxidation sites excluding steroid dienone is 5. The van der Waals surface area contributed by atoms with Gasteiger partial charge in [0.05, 0.1) is 0 Å². The first kappa shape index (κ1) is 32.4. The number of halogens is 1. The second-order valence-electron chi connectivity index (χ2n) is 14.2. The van der Waals surface area contributed by atoms with Crippen LogP contribution in [0.25, 0.3) is 0 Å². The fourth-order valence-corrected chi connectivity index (χ4v) is 16.5. The van der Waals surface area contributed by atoms with Crippen LogP contribution in [0, 0.1) is 11.3 Å². The van der Waals surface area contributed by atoms with E-state index in [0.29, 0.717) is 5.92 Å². The van der Waals surface area contributed by atoms with E-state index in [0.717, 1.165) is 6.42 Å². The fourth-order valence-electron chi connectivity index (χ4n) is 8.52. The first-order chi connectivity index (χ1) is 21.8. The second-order valence-corrected chi connectivity index (χ2v) is 23.1.